The zero-order chi connectivity index (χ0) is 9.94. The van der Waals surface area contributed by atoms with E-state index in [1.54, 1.807) is 0 Å². The van der Waals surface area contributed by atoms with Crippen molar-refractivity contribution in [2.75, 3.05) is 13.6 Å². The van der Waals surface area contributed by atoms with E-state index in [-0.39, 0.29) is 4.90 Å². The first-order valence-corrected chi connectivity index (χ1v) is 2.85. The summed E-state index contributed by atoms with van der Waals surface area (Å²) in [7, 11) is 0.669. The summed E-state index contributed by atoms with van der Waals surface area (Å²) in [4.78, 5) is 10.1. The van der Waals surface area contributed by atoms with Crippen molar-refractivity contribution in [1.82, 2.24) is 4.90 Å². The van der Waals surface area contributed by atoms with Crippen molar-refractivity contribution in [3.05, 3.63) is 0 Å². The second kappa shape index (κ2) is 3.68. The highest BCUT2D eigenvalue weighted by Crippen LogP contribution is 2.17. The fraction of sp³-hybridized carbons (Fsp3) is 0.800. The lowest BCUT2D eigenvalue weighted by molar-refractivity contribution is -0.185. The van der Waals surface area contributed by atoms with E-state index < -0.39 is 25.1 Å². The molecule has 0 aromatic heterocycles. The monoisotopic (exact) mass is 191 g/mol. The summed E-state index contributed by atoms with van der Waals surface area (Å²) in [6.07, 6.45) is -8.04. The van der Waals surface area contributed by atoms with Crippen LogP contribution in [0.1, 0.15) is 0 Å². The summed E-state index contributed by atoms with van der Waals surface area (Å²) in [6, 6.07) is 0. The van der Waals surface area contributed by atoms with Crippen LogP contribution in [-0.2, 0) is 4.79 Å². The highest BCUT2D eigenvalue weighted by molar-refractivity contribution is 5.81. The van der Waals surface area contributed by atoms with Crippen molar-refractivity contribution in [1.29, 1.82) is 0 Å². The molecule has 0 aliphatic heterocycles. The smallest absolute Gasteiger partial charge is 0.332 e. The average molecular weight is 191 g/mol. The molecule has 0 saturated heterocycles. The van der Waals surface area contributed by atoms with Gasteiger partial charge in [0.1, 0.15) is 0 Å². The highest BCUT2D eigenvalue weighted by atomic mass is 19.4. The van der Waals surface area contributed by atoms with Gasteiger partial charge in [-0.3, -0.25) is 4.79 Å². The second-order valence-electron chi connectivity index (χ2n) is 2.07. The van der Waals surface area contributed by atoms with Gasteiger partial charge in [-0.15, -0.1) is 0 Å². The molecule has 1 amide bonds. The molecule has 0 spiro atoms. The summed E-state index contributed by atoms with van der Waals surface area (Å²) >= 11 is 0. The summed E-state index contributed by atoms with van der Waals surface area (Å²) < 4.78 is 57.5. The van der Waals surface area contributed by atoms with Crippen LogP contribution < -0.4 is 0 Å². The number of carbonyl (C=O) groups is 1. The van der Waals surface area contributed by atoms with E-state index in [9.17, 15) is 26.7 Å². The molecule has 0 aliphatic rings. The number of halogens is 5. The fourth-order valence-corrected chi connectivity index (χ4v) is 0.506. The van der Waals surface area contributed by atoms with Crippen LogP contribution in [0.2, 0.25) is 0 Å². The lowest BCUT2D eigenvalue weighted by Gasteiger charge is -2.17. The van der Waals surface area contributed by atoms with Gasteiger partial charge in [-0.2, -0.15) is 13.2 Å². The van der Waals surface area contributed by atoms with Crippen molar-refractivity contribution >= 4 is 5.91 Å². The van der Waals surface area contributed by atoms with Crippen LogP contribution in [0.25, 0.3) is 0 Å². The van der Waals surface area contributed by atoms with E-state index in [1.807, 2.05) is 0 Å². The minimum atomic E-state index is -5.08. The molecule has 0 unspecified atom stereocenters. The number of hydrogen-bond donors (Lipinski definition) is 0. The Balaban J connectivity index is 4.12. The zero-order valence-electron chi connectivity index (χ0n) is 6.03. The maximum absolute atomic E-state index is 11.5. The zero-order valence-corrected chi connectivity index (χ0v) is 6.03. The Morgan fingerprint density at radius 1 is 1.42 bits per heavy atom. The predicted octanol–water partition coefficient (Wildman–Crippen LogP) is 1.27. The maximum Gasteiger partial charge on any atom is 0.471 e. The molecular formula is C5H6F5NO. The van der Waals surface area contributed by atoms with Crippen molar-refractivity contribution < 1.29 is 26.7 Å². The minimum Gasteiger partial charge on any atom is -0.332 e. The molecular weight excluding hydrogens is 185 g/mol. The van der Waals surface area contributed by atoms with Gasteiger partial charge in [-0.25, -0.2) is 8.78 Å². The number of nitrogens with zero attached hydrogens (tertiary/aromatic N) is 1. The van der Waals surface area contributed by atoms with Crippen LogP contribution >= 0.6 is 0 Å². The molecule has 7 heteroatoms. The number of alkyl halides is 5. The van der Waals surface area contributed by atoms with Gasteiger partial charge in [0.25, 0.3) is 6.43 Å². The third kappa shape index (κ3) is 3.49. The van der Waals surface area contributed by atoms with Gasteiger partial charge in [0, 0.05) is 7.05 Å². The molecule has 0 aromatic carbocycles. The number of carbonyl (C=O) groups excluding carboxylic acids is 1. The Morgan fingerprint density at radius 2 is 1.83 bits per heavy atom. The fourth-order valence-electron chi connectivity index (χ4n) is 0.506. The third-order valence-corrected chi connectivity index (χ3v) is 1.00. The standard InChI is InChI=1S/C5H6F5NO/c1-11(2-3(6)7)4(12)5(8,9)10/h3H,2H2,1H3. The minimum absolute atomic E-state index is 0.0648. The summed E-state index contributed by atoms with van der Waals surface area (Å²) in [5, 5.41) is 0. The number of amides is 1. The van der Waals surface area contributed by atoms with Crippen LogP contribution in [0.5, 0.6) is 0 Å². The Bertz CT molecular complexity index is 166. The molecule has 0 radical (unpaired) electrons. The van der Waals surface area contributed by atoms with Crippen LogP contribution in [0.4, 0.5) is 22.0 Å². The summed E-state index contributed by atoms with van der Waals surface area (Å²) in [6.45, 7) is -1.21. The lowest BCUT2D eigenvalue weighted by Crippen LogP contribution is -2.40. The van der Waals surface area contributed by atoms with Gasteiger partial charge in [-0.1, -0.05) is 0 Å². The first kappa shape index (κ1) is 11.1. The van der Waals surface area contributed by atoms with Crippen LogP contribution in [0.3, 0.4) is 0 Å². The topological polar surface area (TPSA) is 20.3 Å². The van der Waals surface area contributed by atoms with Crippen LogP contribution in [0, 0.1) is 0 Å². The molecule has 0 aliphatic carbocycles. The van der Waals surface area contributed by atoms with Gasteiger partial charge in [0.2, 0.25) is 0 Å². The molecule has 12 heavy (non-hydrogen) atoms. The normalized spacial score (nSPS) is 11.9. The van der Waals surface area contributed by atoms with Crippen molar-refractivity contribution in [2.24, 2.45) is 0 Å². The first-order chi connectivity index (χ1) is 5.25. The SMILES string of the molecule is CN(CC(F)F)C(=O)C(F)(F)F. The number of hydrogen-bond acceptors (Lipinski definition) is 1. The quantitative estimate of drug-likeness (QED) is 0.602. The van der Waals surface area contributed by atoms with Gasteiger partial charge in [0.15, 0.2) is 0 Å². The average Bonchev–Trinajstić information content (AvgIpc) is 1.82. The molecule has 0 saturated carbocycles. The van der Waals surface area contributed by atoms with Gasteiger partial charge < -0.3 is 4.90 Å². The molecule has 0 rings (SSSR count). The molecule has 2 nitrogen and oxygen atoms in total. The molecule has 0 bridgehead atoms. The molecule has 72 valence electrons. The van der Waals surface area contributed by atoms with Gasteiger partial charge in [0.05, 0.1) is 6.54 Å². The van der Waals surface area contributed by atoms with E-state index in [0.717, 1.165) is 0 Å². The molecule has 0 N–H and O–H groups in total. The Kier molecular flexibility index (Phi) is 3.41. The van der Waals surface area contributed by atoms with Gasteiger partial charge >= 0.3 is 12.1 Å². The highest BCUT2D eigenvalue weighted by Gasteiger charge is 2.41. The Morgan fingerprint density at radius 3 is 2.08 bits per heavy atom. The third-order valence-electron chi connectivity index (χ3n) is 1.00. The molecule has 0 heterocycles. The first-order valence-electron chi connectivity index (χ1n) is 2.85. The van der Waals surface area contributed by atoms with E-state index in [4.69, 9.17) is 0 Å². The largest absolute Gasteiger partial charge is 0.471 e. The van der Waals surface area contributed by atoms with Crippen molar-refractivity contribution in [3.63, 3.8) is 0 Å². The molecule has 0 fully saturated rings. The van der Waals surface area contributed by atoms with Crippen molar-refractivity contribution in [2.45, 2.75) is 12.6 Å². The van der Waals surface area contributed by atoms with Crippen LogP contribution in [0.15, 0.2) is 0 Å². The summed E-state index contributed by atoms with van der Waals surface area (Å²) in [5.74, 6) is -2.26. The lowest BCUT2D eigenvalue weighted by atomic mass is 10.5. The maximum atomic E-state index is 11.5. The number of rotatable bonds is 2. The predicted molar refractivity (Wildman–Crippen MR) is 29.7 cm³/mol. The Labute approximate surface area is 64.9 Å². The van der Waals surface area contributed by atoms with E-state index in [1.165, 1.54) is 0 Å². The Hall–Kier alpha value is -0.880. The molecule has 0 aromatic rings. The molecule has 0 atom stereocenters. The van der Waals surface area contributed by atoms with E-state index >= 15 is 0 Å². The van der Waals surface area contributed by atoms with E-state index in [2.05, 4.69) is 0 Å². The van der Waals surface area contributed by atoms with Crippen molar-refractivity contribution in [3.8, 4) is 0 Å². The van der Waals surface area contributed by atoms with Crippen LogP contribution in [-0.4, -0.2) is 37.0 Å². The summed E-state index contributed by atoms with van der Waals surface area (Å²) in [5.41, 5.74) is 0. The van der Waals surface area contributed by atoms with E-state index in [0.29, 0.717) is 7.05 Å². The second-order valence-corrected chi connectivity index (χ2v) is 2.07. The van der Waals surface area contributed by atoms with Gasteiger partial charge in [-0.05, 0) is 0 Å².